The van der Waals surface area contributed by atoms with Crippen LogP contribution in [0.3, 0.4) is 0 Å². The van der Waals surface area contributed by atoms with E-state index in [9.17, 15) is 0 Å². The summed E-state index contributed by atoms with van der Waals surface area (Å²) in [7, 11) is 0. The van der Waals surface area contributed by atoms with Crippen LogP contribution in [0, 0.1) is 0 Å². The number of anilines is 1. The van der Waals surface area contributed by atoms with Crippen LogP contribution in [0.1, 0.15) is 32.1 Å². The summed E-state index contributed by atoms with van der Waals surface area (Å²) in [5, 5.41) is 4.12. The van der Waals surface area contributed by atoms with Crippen molar-refractivity contribution in [3.63, 3.8) is 0 Å². The molecule has 2 N–H and O–H groups in total. The van der Waals surface area contributed by atoms with E-state index in [-0.39, 0.29) is 0 Å². The van der Waals surface area contributed by atoms with Crippen LogP contribution in [0.2, 0.25) is 0 Å². The number of ether oxygens (including phenoxy) is 1. The first-order valence-electron chi connectivity index (χ1n) is 5.75. The van der Waals surface area contributed by atoms with Crippen molar-refractivity contribution in [2.24, 2.45) is 0 Å². The molecule has 1 heterocycles. The van der Waals surface area contributed by atoms with E-state index < -0.39 is 0 Å². The van der Waals surface area contributed by atoms with Crippen LogP contribution in [0.5, 0.6) is 0 Å². The van der Waals surface area contributed by atoms with Crippen LogP contribution < -0.4 is 5.73 Å². The number of aromatic nitrogens is 2. The highest BCUT2D eigenvalue weighted by Gasteiger charge is 2.14. The van der Waals surface area contributed by atoms with Crippen molar-refractivity contribution >= 4 is 5.82 Å². The van der Waals surface area contributed by atoms with E-state index in [1.54, 1.807) is 0 Å². The minimum Gasteiger partial charge on any atom is -0.382 e. The Morgan fingerprint density at radius 1 is 1.47 bits per heavy atom. The zero-order valence-electron chi connectivity index (χ0n) is 9.06. The molecule has 0 aromatic carbocycles. The number of nitrogens with two attached hydrogens (primary N) is 1. The third kappa shape index (κ3) is 3.23. The molecule has 4 nitrogen and oxygen atoms in total. The van der Waals surface area contributed by atoms with Crippen LogP contribution >= 0.6 is 0 Å². The number of nitrogens with zero attached hydrogens (tertiary/aromatic N) is 2. The van der Waals surface area contributed by atoms with Gasteiger partial charge >= 0.3 is 0 Å². The fraction of sp³-hybridized carbons (Fsp3) is 0.727. The Kier molecular flexibility index (Phi) is 3.61. The maximum atomic E-state index is 5.76. The van der Waals surface area contributed by atoms with Crippen LogP contribution in [-0.4, -0.2) is 22.5 Å². The Balaban J connectivity index is 1.58. The molecule has 0 unspecified atom stereocenters. The normalized spacial score (nSPS) is 17.3. The summed E-state index contributed by atoms with van der Waals surface area (Å²) in [5.74, 6) is 0.590. The first-order valence-corrected chi connectivity index (χ1v) is 5.75. The lowest BCUT2D eigenvalue weighted by Gasteiger charge is -2.10. The molecule has 1 aliphatic rings. The molecule has 0 aliphatic heterocycles. The molecule has 0 radical (unpaired) electrons. The molecule has 1 aliphatic carbocycles. The average molecular weight is 209 g/mol. The van der Waals surface area contributed by atoms with E-state index in [1.807, 2.05) is 16.9 Å². The highest BCUT2D eigenvalue weighted by atomic mass is 16.5. The number of hydrogen-bond donors (Lipinski definition) is 1. The zero-order chi connectivity index (χ0) is 10.5. The lowest BCUT2D eigenvalue weighted by molar-refractivity contribution is 0.0545. The second-order valence-electron chi connectivity index (χ2n) is 4.13. The van der Waals surface area contributed by atoms with E-state index in [1.165, 1.54) is 25.7 Å². The Bertz CT molecular complexity index is 292. The fourth-order valence-corrected chi connectivity index (χ4v) is 2.03. The van der Waals surface area contributed by atoms with Gasteiger partial charge in [0.2, 0.25) is 0 Å². The van der Waals surface area contributed by atoms with E-state index in [4.69, 9.17) is 10.5 Å². The van der Waals surface area contributed by atoms with Crippen LogP contribution in [0.4, 0.5) is 5.82 Å². The average Bonchev–Trinajstić information content (AvgIpc) is 2.84. The number of aryl methyl sites for hydroxylation is 1. The maximum Gasteiger partial charge on any atom is 0.145 e. The molecule has 0 atom stereocenters. The van der Waals surface area contributed by atoms with Gasteiger partial charge in [-0.2, -0.15) is 5.10 Å². The van der Waals surface area contributed by atoms with Crippen molar-refractivity contribution in [3.05, 3.63) is 12.3 Å². The van der Waals surface area contributed by atoms with Gasteiger partial charge in [0.25, 0.3) is 0 Å². The van der Waals surface area contributed by atoms with Gasteiger partial charge in [-0.15, -0.1) is 0 Å². The summed E-state index contributed by atoms with van der Waals surface area (Å²) in [5.41, 5.74) is 5.52. The second-order valence-corrected chi connectivity index (χ2v) is 4.13. The van der Waals surface area contributed by atoms with Crippen molar-refractivity contribution in [3.8, 4) is 0 Å². The molecule has 84 valence electrons. The highest BCUT2D eigenvalue weighted by molar-refractivity contribution is 5.23. The topological polar surface area (TPSA) is 53.1 Å². The van der Waals surface area contributed by atoms with E-state index >= 15 is 0 Å². The van der Waals surface area contributed by atoms with E-state index in [0.717, 1.165) is 19.6 Å². The summed E-state index contributed by atoms with van der Waals surface area (Å²) >= 11 is 0. The molecule has 2 rings (SSSR count). The second kappa shape index (κ2) is 5.16. The predicted octanol–water partition coefficient (Wildman–Crippen LogP) is 1.81. The van der Waals surface area contributed by atoms with Gasteiger partial charge < -0.3 is 10.5 Å². The standard InChI is InChI=1S/C11H19N3O/c12-11-6-8-14(13-11)7-3-9-15-10-4-1-2-5-10/h6,8,10H,1-5,7,9H2,(H2,12,13). The smallest absolute Gasteiger partial charge is 0.145 e. The van der Waals surface area contributed by atoms with Crippen LogP contribution in [-0.2, 0) is 11.3 Å². The minimum absolute atomic E-state index is 0.521. The number of nitrogen functional groups attached to an aromatic ring is 1. The summed E-state index contributed by atoms with van der Waals surface area (Å²) in [6.07, 6.45) is 8.60. The molecule has 0 saturated heterocycles. The van der Waals surface area contributed by atoms with Gasteiger partial charge in [0.1, 0.15) is 5.82 Å². The molecule has 4 heteroatoms. The van der Waals surface area contributed by atoms with Gasteiger partial charge in [-0.05, 0) is 25.3 Å². The first kappa shape index (κ1) is 10.5. The van der Waals surface area contributed by atoms with Gasteiger partial charge in [-0.25, -0.2) is 0 Å². The van der Waals surface area contributed by atoms with Crippen molar-refractivity contribution in [2.45, 2.75) is 44.8 Å². The van der Waals surface area contributed by atoms with Crippen LogP contribution in [0.25, 0.3) is 0 Å². The van der Waals surface area contributed by atoms with Gasteiger partial charge in [-0.1, -0.05) is 12.8 Å². The van der Waals surface area contributed by atoms with Crippen molar-refractivity contribution in [1.29, 1.82) is 0 Å². The molecule has 1 fully saturated rings. The van der Waals surface area contributed by atoms with Gasteiger partial charge in [-0.3, -0.25) is 4.68 Å². The fourth-order valence-electron chi connectivity index (χ4n) is 2.03. The monoisotopic (exact) mass is 209 g/mol. The van der Waals surface area contributed by atoms with Gasteiger partial charge in [0.05, 0.1) is 6.10 Å². The summed E-state index contributed by atoms with van der Waals surface area (Å²) in [6, 6.07) is 1.82. The van der Waals surface area contributed by atoms with Crippen molar-refractivity contribution in [2.75, 3.05) is 12.3 Å². The first-order chi connectivity index (χ1) is 7.34. The van der Waals surface area contributed by atoms with Gasteiger partial charge in [0.15, 0.2) is 0 Å². The quantitative estimate of drug-likeness (QED) is 0.752. The molecule has 0 bridgehead atoms. The molecule has 15 heavy (non-hydrogen) atoms. The maximum absolute atomic E-state index is 5.76. The summed E-state index contributed by atoms with van der Waals surface area (Å²) in [4.78, 5) is 0. The molecule has 1 saturated carbocycles. The number of hydrogen-bond acceptors (Lipinski definition) is 3. The highest BCUT2D eigenvalue weighted by Crippen LogP contribution is 2.20. The van der Waals surface area contributed by atoms with Crippen LogP contribution in [0.15, 0.2) is 12.3 Å². The predicted molar refractivity (Wildman–Crippen MR) is 59.5 cm³/mol. The minimum atomic E-state index is 0.521. The Morgan fingerprint density at radius 3 is 2.93 bits per heavy atom. The molecule has 1 aromatic heterocycles. The van der Waals surface area contributed by atoms with Crippen molar-refractivity contribution in [1.82, 2.24) is 9.78 Å². The lowest BCUT2D eigenvalue weighted by Crippen LogP contribution is -2.10. The zero-order valence-corrected chi connectivity index (χ0v) is 9.06. The molecular formula is C11H19N3O. The molecule has 0 spiro atoms. The summed E-state index contributed by atoms with van der Waals surface area (Å²) in [6.45, 7) is 1.73. The third-order valence-corrected chi connectivity index (χ3v) is 2.85. The van der Waals surface area contributed by atoms with Gasteiger partial charge in [0, 0.05) is 19.3 Å². The van der Waals surface area contributed by atoms with E-state index in [2.05, 4.69) is 5.10 Å². The van der Waals surface area contributed by atoms with E-state index in [0.29, 0.717) is 11.9 Å². The largest absolute Gasteiger partial charge is 0.382 e. The Morgan fingerprint density at radius 2 is 2.27 bits per heavy atom. The third-order valence-electron chi connectivity index (χ3n) is 2.85. The molecule has 1 aromatic rings. The number of rotatable bonds is 5. The molecular weight excluding hydrogens is 190 g/mol. The lowest BCUT2D eigenvalue weighted by atomic mass is 10.3. The molecule has 0 amide bonds. The SMILES string of the molecule is Nc1ccn(CCCOC2CCCC2)n1. The summed E-state index contributed by atoms with van der Waals surface area (Å²) < 4.78 is 7.63. The Hall–Kier alpha value is -1.03. The Labute approximate surface area is 90.4 Å². The van der Waals surface area contributed by atoms with Crippen molar-refractivity contribution < 1.29 is 4.74 Å².